The number of rotatable bonds is 5. The maximum atomic E-state index is 11.0. The second-order valence-corrected chi connectivity index (χ2v) is 12.3. The molecule has 2 aromatic rings. The number of Topliss-reactive ketones (excluding diaryl/α,β-unsaturated/α-hetero) is 1. The van der Waals surface area contributed by atoms with Gasteiger partial charge in [0.1, 0.15) is 12.0 Å². The fraction of sp³-hybridized carbons (Fsp3) is 0.625. The normalized spacial score (nSPS) is 23.1. The molecule has 7 nitrogen and oxygen atoms in total. The summed E-state index contributed by atoms with van der Waals surface area (Å²) in [5, 5.41) is 8.45. The summed E-state index contributed by atoms with van der Waals surface area (Å²) in [6, 6.07) is 6.73. The molecule has 2 saturated heterocycles. The van der Waals surface area contributed by atoms with Gasteiger partial charge in [-0.1, -0.05) is 19.9 Å². The third kappa shape index (κ3) is 6.31. The topological polar surface area (TPSA) is 68.6 Å². The Labute approximate surface area is 233 Å². The highest BCUT2D eigenvalue weighted by atomic mass is 16.5. The van der Waals surface area contributed by atoms with Crippen molar-refractivity contribution in [2.75, 3.05) is 45.3 Å². The fourth-order valence-corrected chi connectivity index (χ4v) is 6.24. The molecule has 6 rings (SSSR count). The first-order chi connectivity index (χ1) is 18.8. The van der Waals surface area contributed by atoms with Crippen molar-refractivity contribution < 1.29 is 14.3 Å². The number of hydrogen-bond acceptors (Lipinski definition) is 6. The largest absolute Gasteiger partial charge is 0.388 e. The van der Waals surface area contributed by atoms with E-state index in [1.54, 1.807) is 6.92 Å². The van der Waals surface area contributed by atoms with Crippen molar-refractivity contribution in [3.05, 3.63) is 46.3 Å². The predicted octanol–water partition coefficient (Wildman–Crippen LogP) is 5.53. The average Bonchev–Trinajstić information content (AvgIpc) is 3.54. The van der Waals surface area contributed by atoms with Gasteiger partial charge < -0.3 is 14.8 Å². The van der Waals surface area contributed by atoms with Gasteiger partial charge in [-0.2, -0.15) is 5.10 Å². The van der Waals surface area contributed by atoms with Crippen LogP contribution >= 0.6 is 0 Å². The summed E-state index contributed by atoms with van der Waals surface area (Å²) in [7, 11) is 1.98. The number of nitrogens with zero attached hydrogens (tertiary/aromatic N) is 3. The Kier molecular flexibility index (Phi) is 8.60. The number of aromatic nitrogens is 2. The van der Waals surface area contributed by atoms with E-state index in [2.05, 4.69) is 53.0 Å². The molecule has 39 heavy (non-hydrogen) atoms. The smallest absolute Gasteiger partial charge is 0.150 e. The van der Waals surface area contributed by atoms with Crippen LogP contribution in [0.1, 0.15) is 87.7 Å². The van der Waals surface area contributed by atoms with Gasteiger partial charge in [0.15, 0.2) is 0 Å². The van der Waals surface area contributed by atoms with Crippen LogP contribution in [0.2, 0.25) is 0 Å². The highest BCUT2D eigenvalue weighted by Gasteiger charge is 2.34. The molecule has 2 atom stereocenters. The lowest BCUT2D eigenvalue weighted by Crippen LogP contribution is -2.45. The molecule has 3 heterocycles. The highest BCUT2D eigenvalue weighted by molar-refractivity contribution is 5.89. The third-order valence-corrected chi connectivity index (χ3v) is 8.87. The number of fused-ring (bicyclic) bond motifs is 2. The zero-order chi connectivity index (χ0) is 27.6. The minimum Gasteiger partial charge on any atom is -0.388 e. The molecule has 0 saturated carbocycles. The van der Waals surface area contributed by atoms with E-state index < -0.39 is 0 Å². The summed E-state index contributed by atoms with van der Waals surface area (Å²) < 4.78 is 13.6. The molecule has 0 spiro atoms. The van der Waals surface area contributed by atoms with Crippen molar-refractivity contribution in [2.24, 2.45) is 5.41 Å². The second kappa shape index (κ2) is 11.9. The van der Waals surface area contributed by atoms with Crippen LogP contribution in [0.3, 0.4) is 0 Å². The Hall–Kier alpha value is -2.48. The summed E-state index contributed by atoms with van der Waals surface area (Å²) in [5.41, 5.74) is 9.74. The van der Waals surface area contributed by atoms with Crippen LogP contribution in [0.4, 0.5) is 5.69 Å². The van der Waals surface area contributed by atoms with E-state index in [1.165, 1.54) is 58.6 Å². The fourth-order valence-electron chi connectivity index (χ4n) is 6.24. The number of carbonyl (C=O) groups excluding carboxylic acids is 1. The molecule has 1 N–H and O–H groups in total. The van der Waals surface area contributed by atoms with Crippen molar-refractivity contribution in [1.29, 1.82) is 0 Å². The maximum absolute atomic E-state index is 11.0. The number of hydrogen-bond donors (Lipinski definition) is 1. The third-order valence-electron chi connectivity index (χ3n) is 8.87. The van der Waals surface area contributed by atoms with Crippen molar-refractivity contribution in [3.63, 3.8) is 0 Å². The van der Waals surface area contributed by atoms with Gasteiger partial charge in [-0.15, -0.1) is 0 Å². The number of allylic oxidation sites excluding steroid dienone is 1. The molecular weight excluding hydrogens is 488 g/mol. The molecule has 1 unspecified atom stereocenters. The predicted molar refractivity (Wildman–Crippen MR) is 157 cm³/mol. The van der Waals surface area contributed by atoms with Gasteiger partial charge in [0.25, 0.3) is 0 Å². The monoisotopic (exact) mass is 534 g/mol. The molecule has 2 aliphatic heterocycles. The molecule has 2 fully saturated rings. The standard InChI is InChI=1S/C24H31N3O.C8H15NO2/c1-24(2)10-9-20-21(15-24)27(22-6-4-5-11-28-22)26-23(20)18-12-16-7-8-19(25-3)14-17(16)13-18;1-7(8(2)10)9-3-5-11-6-4-9/h7-8,12,14,22,25H,4-6,9-11,13,15H2,1-3H3;7H,3-6H2,1-2H3/t;7-/m.0/s1. The maximum Gasteiger partial charge on any atom is 0.150 e. The Morgan fingerprint density at radius 2 is 1.97 bits per heavy atom. The molecule has 2 aliphatic carbocycles. The highest BCUT2D eigenvalue weighted by Crippen LogP contribution is 2.42. The van der Waals surface area contributed by atoms with E-state index >= 15 is 0 Å². The van der Waals surface area contributed by atoms with Crippen LogP contribution in [0, 0.1) is 5.41 Å². The van der Waals surface area contributed by atoms with Gasteiger partial charge in [0.2, 0.25) is 0 Å². The van der Waals surface area contributed by atoms with Gasteiger partial charge in [0.05, 0.1) is 24.9 Å². The second-order valence-electron chi connectivity index (χ2n) is 12.3. The lowest BCUT2D eigenvalue weighted by molar-refractivity contribution is -0.123. The summed E-state index contributed by atoms with van der Waals surface area (Å²) in [6.45, 7) is 12.5. The first-order valence-corrected chi connectivity index (χ1v) is 14.8. The van der Waals surface area contributed by atoms with Crippen molar-refractivity contribution >= 4 is 23.1 Å². The van der Waals surface area contributed by atoms with Crippen LogP contribution in [0.15, 0.2) is 18.2 Å². The van der Waals surface area contributed by atoms with Crippen LogP contribution < -0.4 is 5.32 Å². The number of benzene rings is 1. The van der Waals surface area contributed by atoms with Crippen molar-refractivity contribution in [2.45, 2.75) is 84.9 Å². The number of anilines is 1. The Morgan fingerprint density at radius 3 is 2.67 bits per heavy atom. The Morgan fingerprint density at radius 1 is 1.18 bits per heavy atom. The molecule has 0 radical (unpaired) electrons. The molecule has 1 aromatic heterocycles. The van der Waals surface area contributed by atoms with E-state index in [1.807, 2.05) is 14.0 Å². The van der Waals surface area contributed by atoms with E-state index in [0.717, 1.165) is 58.6 Å². The Bertz CT molecular complexity index is 1200. The average molecular weight is 535 g/mol. The molecule has 0 bridgehead atoms. The molecule has 1 aromatic carbocycles. The summed E-state index contributed by atoms with van der Waals surface area (Å²) in [6.07, 6.45) is 10.4. The van der Waals surface area contributed by atoms with Crippen LogP contribution in [0.5, 0.6) is 0 Å². The van der Waals surface area contributed by atoms with Crippen LogP contribution in [0.25, 0.3) is 11.6 Å². The molecule has 4 aliphatic rings. The van der Waals surface area contributed by atoms with Gasteiger partial charge in [-0.3, -0.25) is 9.69 Å². The molecular formula is C32H46N4O3. The van der Waals surface area contributed by atoms with Gasteiger partial charge in [-0.05, 0) is 92.7 Å². The van der Waals surface area contributed by atoms with Crippen LogP contribution in [-0.4, -0.2) is 66.5 Å². The number of carbonyl (C=O) groups is 1. The van der Waals surface area contributed by atoms with E-state index in [4.69, 9.17) is 14.6 Å². The number of ether oxygens (including phenoxy) is 2. The minimum atomic E-state index is 0.0684. The first-order valence-electron chi connectivity index (χ1n) is 14.8. The summed E-state index contributed by atoms with van der Waals surface area (Å²) >= 11 is 0. The zero-order valence-corrected chi connectivity index (χ0v) is 24.5. The van der Waals surface area contributed by atoms with Gasteiger partial charge >= 0.3 is 0 Å². The number of nitrogens with one attached hydrogen (secondary N) is 1. The van der Waals surface area contributed by atoms with Crippen molar-refractivity contribution in [1.82, 2.24) is 14.7 Å². The van der Waals surface area contributed by atoms with Gasteiger partial charge in [-0.25, -0.2) is 4.68 Å². The van der Waals surface area contributed by atoms with E-state index in [9.17, 15) is 4.79 Å². The van der Waals surface area contributed by atoms with E-state index in [0.29, 0.717) is 5.41 Å². The lowest BCUT2D eigenvalue weighted by atomic mass is 9.76. The SMILES string of the molecule is CC(=O)[C@H](C)N1CCOCC1.CNc1ccc2c(c1)CC(c1nn(C3CCCCO3)c3c1CCC(C)(C)C3)=C2. The first kappa shape index (κ1) is 28.1. The number of ketones is 1. The zero-order valence-electron chi connectivity index (χ0n) is 24.5. The molecule has 7 heteroatoms. The summed E-state index contributed by atoms with van der Waals surface area (Å²) in [5.74, 6) is 0.243. The number of morpholine rings is 1. The minimum absolute atomic E-state index is 0.0684. The quantitative estimate of drug-likeness (QED) is 0.544. The molecule has 0 amide bonds. The Balaban J connectivity index is 0.000000237. The van der Waals surface area contributed by atoms with Gasteiger partial charge in [0, 0.05) is 50.1 Å². The van der Waals surface area contributed by atoms with Crippen molar-refractivity contribution in [3.8, 4) is 0 Å². The lowest BCUT2D eigenvalue weighted by Gasteiger charge is -2.32. The molecule has 212 valence electrons. The van der Waals surface area contributed by atoms with E-state index in [-0.39, 0.29) is 18.1 Å². The van der Waals surface area contributed by atoms with Crippen LogP contribution in [-0.2, 0) is 33.5 Å². The summed E-state index contributed by atoms with van der Waals surface area (Å²) in [4.78, 5) is 13.1.